The monoisotopic (exact) mass is 211 g/mol. The van der Waals surface area contributed by atoms with Crippen LogP contribution in [0.25, 0.3) is 22.7 Å². The summed E-state index contributed by atoms with van der Waals surface area (Å²) in [5.41, 5.74) is 3.07. The first-order valence-corrected chi connectivity index (χ1v) is 4.94. The maximum Gasteiger partial charge on any atom is 0.248 e. The molecular weight excluding hydrogens is 202 g/mol. The van der Waals surface area contributed by atoms with E-state index in [-0.39, 0.29) is 0 Å². The van der Waals surface area contributed by atoms with Crippen molar-refractivity contribution >= 4 is 0 Å². The van der Waals surface area contributed by atoms with Crippen LogP contribution in [0.4, 0.5) is 0 Å². The number of hydrogen-bond donors (Lipinski definition) is 1. The van der Waals surface area contributed by atoms with Crippen LogP contribution in [-0.4, -0.2) is 15.2 Å². The Bertz CT molecular complexity index is 569. The Kier molecular flexibility index (Phi) is 2.04. The van der Waals surface area contributed by atoms with E-state index in [4.69, 9.17) is 4.42 Å². The SMILES string of the molecule is c1ccc(-c2cc(-c3nnco3)c[nH]2)cc1. The minimum absolute atomic E-state index is 0.526. The van der Waals surface area contributed by atoms with Crippen molar-refractivity contribution in [2.75, 3.05) is 0 Å². The van der Waals surface area contributed by atoms with E-state index in [9.17, 15) is 0 Å². The molecule has 0 bridgehead atoms. The summed E-state index contributed by atoms with van der Waals surface area (Å²) < 4.78 is 5.13. The summed E-state index contributed by atoms with van der Waals surface area (Å²) in [7, 11) is 0. The summed E-state index contributed by atoms with van der Waals surface area (Å²) in [5, 5.41) is 7.51. The number of rotatable bonds is 2. The van der Waals surface area contributed by atoms with E-state index >= 15 is 0 Å². The normalized spacial score (nSPS) is 10.5. The molecule has 78 valence electrons. The molecule has 0 fully saturated rings. The zero-order valence-corrected chi connectivity index (χ0v) is 8.42. The van der Waals surface area contributed by atoms with Crippen molar-refractivity contribution in [2.24, 2.45) is 0 Å². The van der Waals surface area contributed by atoms with Crippen LogP contribution in [0.15, 0.2) is 53.4 Å². The number of hydrogen-bond acceptors (Lipinski definition) is 3. The molecule has 0 saturated heterocycles. The van der Waals surface area contributed by atoms with E-state index in [1.54, 1.807) is 0 Å². The quantitative estimate of drug-likeness (QED) is 0.709. The number of nitrogens with zero attached hydrogens (tertiary/aromatic N) is 2. The van der Waals surface area contributed by atoms with E-state index in [1.807, 2.05) is 42.6 Å². The van der Waals surface area contributed by atoms with Crippen LogP contribution in [0.3, 0.4) is 0 Å². The topological polar surface area (TPSA) is 54.7 Å². The summed E-state index contributed by atoms with van der Waals surface area (Å²) in [6, 6.07) is 12.1. The van der Waals surface area contributed by atoms with Gasteiger partial charge in [0.25, 0.3) is 0 Å². The fraction of sp³-hybridized carbons (Fsp3) is 0. The lowest BCUT2D eigenvalue weighted by Crippen LogP contribution is -1.74. The lowest BCUT2D eigenvalue weighted by Gasteiger charge is -1.94. The van der Waals surface area contributed by atoms with E-state index in [2.05, 4.69) is 15.2 Å². The molecule has 4 nitrogen and oxygen atoms in total. The molecule has 0 unspecified atom stereocenters. The molecule has 1 N–H and O–H groups in total. The van der Waals surface area contributed by atoms with Crippen LogP contribution >= 0.6 is 0 Å². The lowest BCUT2D eigenvalue weighted by molar-refractivity contribution is 0.569. The minimum atomic E-state index is 0.526. The lowest BCUT2D eigenvalue weighted by atomic mass is 10.1. The van der Waals surface area contributed by atoms with E-state index in [0.717, 1.165) is 16.8 Å². The first-order valence-electron chi connectivity index (χ1n) is 4.94. The third-order valence-corrected chi connectivity index (χ3v) is 2.37. The Labute approximate surface area is 92.0 Å². The molecule has 0 aliphatic heterocycles. The molecule has 0 radical (unpaired) electrons. The fourth-order valence-corrected chi connectivity index (χ4v) is 1.60. The van der Waals surface area contributed by atoms with Gasteiger partial charge in [-0.3, -0.25) is 0 Å². The minimum Gasteiger partial charge on any atom is -0.423 e. The van der Waals surface area contributed by atoms with Crippen LogP contribution in [0.2, 0.25) is 0 Å². The van der Waals surface area contributed by atoms with E-state index < -0.39 is 0 Å². The van der Waals surface area contributed by atoms with Gasteiger partial charge in [0.05, 0.1) is 5.56 Å². The Morgan fingerprint density at radius 3 is 2.69 bits per heavy atom. The van der Waals surface area contributed by atoms with Gasteiger partial charge < -0.3 is 9.40 Å². The van der Waals surface area contributed by atoms with Crippen LogP contribution in [0, 0.1) is 0 Å². The molecule has 16 heavy (non-hydrogen) atoms. The molecule has 0 atom stereocenters. The van der Waals surface area contributed by atoms with E-state index in [1.165, 1.54) is 6.39 Å². The smallest absolute Gasteiger partial charge is 0.248 e. The average Bonchev–Trinajstić information content (AvgIpc) is 3.01. The summed E-state index contributed by atoms with van der Waals surface area (Å²) in [5.74, 6) is 0.526. The van der Waals surface area contributed by atoms with Gasteiger partial charge in [-0.25, -0.2) is 0 Å². The van der Waals surface area contributed by atoms with Crippen molar-refractivity contribution < 1.29 is 4.42 Å². The summed E-state index contributed by atoms with van der Waals surface area (Å²) in [4.78, 5) is 3.18. The highest BCUT2D eigenvalue weighted by atomic mass is 16.4. The zero-order valence-electron chi connectivity index (χ0n) is 8.42. The van der Waals surface area contributed by atoms with Crippen molar-refractivity contribution in [2.45, 2.75) is 0 Å². The molecule has 4 heteroatoms. The summed E-state index contributed by atoms with van der Waals surface area (Å²) in [6.45, 7) is 0. The largest absolute Gasteiger partial charge is 0.423 e. The van der Waals surface area contributed by atoms with Gasteiger partial charge in [0.2, 0.25) is 12.3 Å². The van der Waals surface area contributed by atoms with Gasteiger partial charge in [-0.1, -0.05) is 30.3 Å². The molecule has 0 aliphatic carbocycles. The van der Waals surface area contributed by atoms with E-state index in [0.29, 0.717) is 5.89 Å². The second kappa shape index (κ2) is 3.66. The number of benzene rings is 1. The molecule has 1 aromatic carbocycles. The van der Waals surface area contributed by atoms with Gasteiger partial charge in [0.15, 0.2) is 0 Å². The Morgan fingerprint density at radius 2 is 1.94 bits per heavy atom. The summed E-state index contributed by atoms with van der Waals surface area (Å²) in [6.07, 6.45) is 3.18. The highest BCUT2D eigenvalue weighted by molar-refractivity contribution is 5.66. The van der Waals surface area contributed by atoms with Crippen LogP contribution in [0.5, 0.6) is 0 Å². The summed E-state index contributed by atoms with van der Waals surface area (Å²) >= 11 is 0. The Morgan fingerprint density at radius 1 is 1.06 bits per heavy atom. The maximum atomic E-state index is 5.13. The van der Waals surface area contributed by atoms with Crippen molar-refractivity contribution in [3.8, 4) is 22.7 Å². The maximum absolute atomic E-state index is 5.13. The van der Waals surface area contributed by atoms with Gasteiger partial charge >= 0.3 is 0 Å². The second-order valence-corrected chi connectivity index (χ2v) is 3.41. The van der Waals surface area contributed by atoms with Crippen molar-refractivity contribution in [1.82, 2.24) is 15.2 Å². The van der Waals surface area contributed by atoms with Gasteiger partial charge in [-0.15, -0.1) is 10.2 Å². The number of aromatic amines is 1. The van der Waals surface area contributed by atoms with Crippen molar-refractivity contribution in [3.05, 3.63) is 49.0 Å². The highest BCUT2D eigenvalue weighted by Crippen LogP contribution is 2.23. The number of aromatic nitrogens is 3. The van der Waals surface area contributed by atoms with Crippen LogP contribution < -0.4 is 0 Å². The van der Waals surface area contributed by atoms with Crippen molar-refractivity contribution in [1.29, 1.82) is 0 Å². The standard InChI is InChI=1S/C12H9N3O/c1-2-4-9(5-3-1)11-6-10(7-13-11)12-15-14-8-16-12/h1-8,13H. The molecular formula is C12H9N3O. The average molecular weight is 211 g/mol. The molecule has 0 saturated carbocycles. The van der Waals surface area contributed by atoms with Gasteiger partial charge in [0, 0.05) is 11.9 Å². The zero-order chi connectivity index (χ0) is 10.8. The number of nitrogens with one attached hydrogen (secondary N) is 1. The third kappa shape index (κ3) is 1.50. The number of H-pyrrole nitrogens is 1. The molecule has 3 rings (SSSR count). The van der Waals surface area contributed by atoms with Gasteiger partial charge in [-0.05, 0) is 11.6 Å². The fourth-order valence-electron chi connectivity index (χ4n) is 1.60. The highest BCUT2D eigenvalue weighted by Gasteiger charge is 2.07. The van der Waals surface area contributed by atoms with Crippen LogP contribution in [-0.2, 0) is 0 Å². The Balaban J connectivity index is 2.00. The molecule has 0 spiro atoms. The first kappa shape index (κ1) is 8.91. The Hall–Kier alpha value is -2.36. The predicted octanol–water partition coefficient (Wildman–Crippen LogP) is 2.73. The molecule has 3 aromatic rings. The third-order valence-electron chi connectivity index (χ3n) is 2.37. The van der Waals surface area contributed by atoms with Gasteiger partial charge in [0.1, 0.15) is 0 Å². The van der Waals surface area contributed by atoms with Gasteiger partial charge in [-0.2, -0.15) is 0 Å². The van der Waals surface area contributed by atoms with Crippen molar-refractivity contribution in [3.63, 3.8) is 0 Å². The predicted molar refractivity (Wildman–Crippen MR) is 59.5 cm³/mol. The first-order chi connectivity index (χ1) is 7.93. The molecule has 0 aliphatic rings. The van der Waals surface area contributed by atoms with Crippen LogP contribution in [0.1, 0.15) is 0 Å². The molecule has 2 heterocycles. The molecule has 2 aromatic heterocycles. The molecule has 0 amide bonds. The second-order valence-electron chi connectivity index (χ2n) is 3.41.